The molecule has 6 aromatic rings. The van der Waals surface area contributed by atoms with Crippen LogP contribution < -0.4 is 10.6 Å². The van der Waals surface area contributed by atoms with Crippen LogP contribution in [0.5, 0.6) is 0 Å². The molecule has 0 spiro atoms. The van der Waals surface area contributed by atoms with Gasteiger partial charge in [-0.25, -0.2) is 8.42 Å². The Morgan fingerprint density at radius 1 is 0.514 bits per heavy atom. The van der Waals surface area contributed by atoms with Gasteiger partial charge in [-0.2, -0.15) is 0 Å². The van der Waals surface area contributed by atoms with Crippen LogP contribution in [0.1, 0.15) is 67.3 Å². The van der Waals surface area contributed by atoms with Crippen molar-refractivity contribution in [3.05, 3.63) is 221 Å². The molecule has 4 atom stereocenters. The Kier molecular flexibility index (Phi) is 22.0. The van der Waals surface area contributed by atoms with Gasteiger partial charge >= 0.3 is 11.9 Å². The number of benzene rings is 6. The van der Waals surface area contributed by atoms with Crippen LogP contribution in [0.25, 0.3) is 0 Å². The average Bonchev–Trinajstić information content (AvgIpc) is 3.39. The number of rotatable bonds is 24. The first-order chi connectivity index (χ1) is 33.9. The van der Waals surface area contributed by atoms with Crippen LogP contribution in [0.3, 0.4) is 0 Å². The Morgan fingerprint density at radius 2 is 0.886 bits per heavy atom. The molecule has 0 fully saturated rings. The second kappa shape index (κ2) is 28.8. The quantitative estimate of drug-likeness (QED) is 0.0563. The highest BCUT2D eigenvalue weighted by molar-refractivity contribution is 7.94. The lowest BCUT2D eigenvalue weighted by Crippen LogP contribution is -2.42. The van der Waals surface area contributed by atoms with Crippen molar-refractivity contribution in [1.29, 1.82) is 0 Å². The Labute approximate surface area is 412 Å². The Hall–Kier alpha value is -7.44. The summed E-state index contributed by atoms with van der Waals surface area (Å²) < 4.78 is 36.7. The van der Waals surface area contributed by atoms with Gasteiger partial charge in [0, 0.05) is 17.9 Å². The molecule has 2 unspecified atom stereocenters. The maximum atomic E-state index is 13.7. The minimum atomic E-state index is -3.70. The highest BCUT2D eigenvalue weighted by Gasteiger charge is 2.27. The lowest BCUT2D eigenvalue weighted by atomic mass is 9.94. The van der Waals surface area contributed by atoms with Gasteiger partial charge in [0.05, 0.1) is 35.6 Å². The molecule has 0 heterocycles. The summed E-state index contributed by atoms with van der Waals surface area (Å²) in [5.74, 6) is -2.90. The molecule has 0 saturated heterocycles. The van der Waals surface area contributed by atoms with Gasteiger partial charge in [-0.15, -0.1) is 0 Å². The third-order valence-electron chi connectivity index (χ3n) is 11.4. The third kappa shape index (κ3) is 19.3. The van der Waals surface area contributed by atoms with Crippen LogP contribution >= 0.6 is 0 Å². The summed E-state index contributed by atoms with van der Waals surface area (Å²) in [6.45, 7) is 3.72. The van der Waals surface area contributed by atoms with E-state index >= 15 is 0 Å². The fourth-order valence-corrected chi connectivity index (χ4v) is 8.49. The molecule has 12 heteroatoms. The summed E-state index contributed by atoms with van der Waals surface area (Å²) in [4.78, 5) is 63.5. The van der Waals surface area contributed by atoms with Crippen LogP contribution in [-0.4, -0.2) is 50.0 Å². The first-order valence-corrected chi connectivity index (χ1v) is 25.1. The van der Waals surface area contributed by atoms with E-state index in [0.29, 0.717) is 32.1 Å². The molecule has 6 rings (SSSR count). The molecule has 0 aliphatic carbocycles. The van der Waals surface area contributed by atoms with Crippen LogP contribution in [0.4, 0.5) is 0 Å². The number of carbonyl (C=O) groups excluding carboxylic acids is 5. The van der Waals surface area contributed by atoms with E-state index < -0.39 is 45.7 Å². The maximum absolute atomic E-state index is 13.7. The molecule has 6 aromatic carbocycles. The zero-order valence-corrected chi connectivity index (χ0v) is 40.5. The Bertz CT molecular complexity index is 2670. The summed E-state index contributed by atoms with van der Waals surface area (Å²) in [5.41, 5.74) is 4.69. The van der Waals surface area contributed by atoms with Crippen LogP contribution in [0, 0.1) is 11.8 Å². The summed E-state index contributed by atoms with van der Waals surface area (Å²) in [7, 11) is -3.70. The molecule has 2 N–H and O–H groups in total. The minimum Gasteiger partial charge on any atom is -0.461 e. The highest BCUT2D eigenvalue weighted by Crippen LogP contribution is 2.19. The molecule has 0 aliphatic rings. The molecular weight excluding hydrogens is 901 g/mol. The molecular formula is C58H62N2O9S. The number of ether oxygens (including phenoxy) is 2. The number of carbonyl (C=O) groups is 5. The lowest BCUT2D eigenvalue weighted by Gasteiger charge is -2.21. The number of ketones is 1. The van der Waals surface area contributed by atoms with Crippen LogP contribution in [0.2, 0.25) is 0 Å². The number of nitrogens with one attached hydrogen (secondary N) is 2. The molecule has 364 valence electrons. The van der Waals surface area contributed by atoms with E-state index in [1.165, 1.54) is 18.2 Å². The molecule has 0 saturated carbocycles. The zero-order valence-electron chi connectivity index (χ0n) is 39.7. The van der Waals surface area contributed by atoms with Gasteiger partial charge in [-0.1, -0.05) is 183 Å². The van der Waals surface area contributed by atoms with Crippen molar-refractivity contribution in [2.75, 3.05) is 0 Å². The number of esters is 2. The van der Waals surface area contributed by atoms with Gasteiger partial charge in [0.25, 0.3) is 0 Å². The summed E-state index contributed by atoms with van der Waals surface area (Å²) in [6.07, 6.45) is 3.58. The maximum Gasteiger partial charge on any atom is 0.306 e. The number of amides is 2. The molecule has 0 bridgehead atoms. The second-order valence-electron chi connectivity index (χ2n) is 16.9. The number of sulfone groups is 1. The monoisotopic (exact) mass is 962 g/mol. The van der Waals surface area contributed by atoms with Gasteiger partial charge in [-0.05, 0) is 72.6 Å². The van der Waals surface area contributed by atoms with E-state index in [2.05, 4.69) is 10.6 Å². The smallest absolute Gasteiger partial charge is 0.306 e. The number of hydrogen-bond acceptors (Lipinski definition) is 9. The zero-order chi connectivity index (χ0) is 50.0. The fraction of sp³-hybridized carbons (Fsp3) is 0.259. The normalized spacial score (nSPS) is 12.8. The first kappa shape index (κ1) is 53.5. The van der Waals surface area contributed by atoms with Crippen molar-refractivity contribution in [3.8, 4) is 0 Å². The molecule has 70 heavy (non-hydrogen) atoms. The number of aryl methyl sites for hydroxylation is 1. The Morgan fingerprint density at radius 3 is 1.30 bits per heavy atom. The largest absolute Gasteiger partial charge is 0.461 e. The van der Waals surface area contributed by atoms with Gasteiger partial charge in [-0.3, -0.25) is 24.0 Å². The van der Waals surface area contributed by atoms with Crippen molar-refractivity contribution in [2.24, 2.45) is 11.8 Å². The number of hydrogen-bond donors (Lipinski definition) is 2. The topological polar surface area (TPSA) is 162 Å². The highest BCUT2D eigenvalue weighted by atomic mass is 32.2. The summed E-state index contributed by atoms with van der Waals surface area (Å²) in [5, 5.41) is 6.90. The van der Waals surface area contributed by atoms with E-state index in [4.69, 9.17) is 9.47 Å². The predicted octanol–water partition coefficient (Wildman–Crippen LogP) is 9.55. The molecule has 0 aromatic heterocycles. The molecule has 0 aliphatic heterocycles. The SMILES string of the molecule is CCC(=O)[C@H](C)NC(=O)C(CC(=O)OCc1ccccc1)Cc1ccccc1.O=C(CC(Cc1ccccc1)C(=O)N[C@H](/C=C/S(=O)(=O)c1ccccc1)CCc1ccccc1)OCc1ccccc1. The fourth-order valence-electron chi connectivity index (χ4n) is 7.40. The predicted molar refractivity (Wildman–Crippen MR) is 271 cm³/mol. The van der Waals surface area contributed by atoms with Crippen molar-refractivity contribution < 1.29 is 41.9 Å². The van der Waals surface area contributed by atoms with Crippen molar-refractivity contribution in [3.63, 3.8) is 0 Å². The Balaban J connectivity index is 0.000000283. The first-order valence-electron chi connectivity index (χ1n) is 23.5. The average molecular weight is 963 g/mol. The van der Waals surface area contributed by atoms with Crippen molar-refractivity contribution >= 4 is 39.4 Å². The summed E-state index contributed by atoms with van der Waals surface area (Å²) >= 11 is 0. The van der Waals surface area contributed by atoms with Crippen molar-refractivity contribution in [1.82, 2.24) is 10.6 Å². The molecule has 11 nitrogen and oxygen atoms in total. The molecule has 2 amide bonds. The van der Waals surface area contributed by atoms with E-state index in [1.54, 1.807) is 32.0 Å². The van der Waals surface area contributed by atoms with Gasteiger partial charge in [0.1, 0.15) is 13.2 Å². The lowest BCUT2D eigenvalue weighted by molar-refractivity contribution is -0.148. The summed E-state index contributed by atoms with van der Waals surface area (Å²) in [6, 6.07) is 54.6. The van der Waals surface area contributed by atoms with E-state index in [0.717, 1.165) is 33.2 Å². The van der Waals surface area contributed by atoms with Crippen molar-refractivity contribution in [2.45, 2.75) is 89.0 Å². The van der Waals surface area contributed by atoms with E-state index in [1.807, 2.05) is 152 Å². The number of Topliss-reactive ketones (excluding diaryl/α,β-unsaturated/α-hetero) is 1. The standard InChI is InChI=1S/C35H35NO5S.C23H27NO4/c37-34(41-27-30-17-9-3-10-18-30)26-31(25-29-15-7-2-8-16-29)35(38)36-32(22-21-28-13-5-1-6-14-28)23-24-42(39,40)33-19-11-4-12-20-33;1-3-21(25)17(2)24-23(27)20(14-18-10-6-4-7-11-18)15-22(26)28-16-19-12-8-5-9-13-19/h1-20,23-24,31-32H,21-22,25-27H2,(H,36,38);4-13,17,20H,3,14-16H2,1-2H3,(H,24,27)/b24-23+;/t31?,32-;17-,20?/m00/s1. The second-order valence-corrected chi connectivity index (χ2v) is 18.7. The van der Waals surface area contributed by atoms with Crippen LogP contribution in [-0.2, 0) is 75.8 Å². The van der Waals surface area contributed by atoms with Crippen LogP contribution in [0.15, 0.2) is 198 Å². The van der Waals surface area contributed by atoms with Gasteiger partial charge in [0.15, 0.2) is 15.6 Å². The van der Waals surface area contributed by atoms with Gasteiger partial charge < -0.3 is 20.1 Å². The van der Waals surface area contributed by atoms with E-state index in [9.17, 15) is 32.4 Å². The van der Waals surface area contributed by atoms with Gasteiger partial charge in [0.2, 0.25) is 11.8 Å². The molecule has 0 radical (unpaired) electrons. The minimum absolute atomic E-state index is 0.0411. The van der Waals surface area contributed by atoms with E-state index in [-0.39, 0.29) is 48.5 Å². The third-order valence-corrected chi connectivity index (χ3v) is 12.8.